The van der Waals surface area contributed by atoms with Gasteiger partial charge < -0.3 is 10.4 Å². The second kappa shape index (κ2) is 5.01. The van der Waals surface area contributed by atoms with Crippen LogP contribution in [0, 0.1) is 12.3 Å². The van der Waals surface area contributed by atoms with Crippen molar-refractivity contribution in [2.75, 3.05) is 5.32 Å². The fourth-order valence-corrected chi connectivity index (χ4v) is 1.50. The molecule has 0 aliphatic heterocycles. The third-order valence-electron chi connectivity index (χ3n) is 1.60. The van der Waals surface area contributed by atoms with E-state index in [-0.39, 0.29) is 11.6 Å². The van der Waals surface area contributed by atoms with Crippen molar-refractivity contribution >= 4 is 22.6 Å². The van der Waals surface area contributed by atoms with Crippen LogP contribution in [0.15, 0.2) is 0 Å². The summed E-state index contributed by atoms with van der Waals surface area (Å²) in [6.07, 6.45) is 0.107. The lowest BCUT2D eigenvalue weighted by molar-refractivity contribution is -0.144. The summed E-state index contributed by atoms with van der Waals surface area (Å²) in [5.41, 5.74) is 0. The number of anilines is 1. The van der Waals surface area contributed by atoms with Crippen molar-refractivity contribution in [3.05, 3.63) is 5.82 Å². The predicted molar refractivity (Wildman–Crippen MR) is 53.4 cm³/mol. The summed E-state index contributed by atoms with van der Waals surface area (Å²) in [5.74, 6) is -0.485. The zero-order valence-corrected chi connectivity index (χ0v) is 8.97. The number of carbonyl (C=O) groups is 1. The van der Waals surface area contributed by atoms with E-state index in [9.17, 15) is 18.0 Å². The number of hydrogen-bond donors (Lipinski definition) is 2. The van der Waals surface area contributed by atoms with Crippen LogP contribution in [0.1, 0.15) is 12.2 Å². The van der Waals surface area contributed by atoms with Gasteiger partial charge in [0.1, 0.15) is 6.04 Å². The van der Waals surface area contributed by atoms with Gasteiger partial charge in [-0.2, -0.15) is 22.5 Å². The van der Waals surface area contributed by atoms with Crippen LogP contribution in [-0.2, 0) is 11.0 Å². The molecule has 5 nitrogen and oxygen atoms in total. The molecule has 2 N–H and O–H groups in total. The standard InChI is InChI=1S/C8H6F3N3O2S/c1-2-3-4(5(15)16)12-7-13-6(14-17-7)8(9,10)11/h1,4H,3H2,(H,15,16)(H,12,13,14). The highest BCUT2D eigenvalue weighted by Crippen LogP contribution is 2.29. The Kier molecular flexibility index (Phi) is 3.90. The predicted octanol–water partition coefficient (Wildman–Crippen LogP) is 1.45. The number of nitrogens with one attached hydrogen (secondary N) is 1. The molecule has 1 aromatic heterocycles. The Balaban J connectivity index is 2.78. The fourth-order valence-electron chi connectivity index (χ4n) is 0.864. The number of terminal acetylenes is 1. The Bertz CT molecular complexity index is 452. The van der Waals surface area contributed by atoms with Crippen molar-refractivity contribution < 1.29 is 23.1 Å². The van der Waals surface area contributed by atoms with Gasteiger partial charge in [0.2, 0.25) is 11.0 Å². The highest BCUT2D eigenvalue weighted by molar-refractivity contribution is 7.09. The number of carboxylic acids is 1. The number of nitrogens with zero attached hydrogens (tertiary/aromatic N) is 2. The van der Waals surface area contributed by atoms with E-state index in [2.05, 4.69) is 20.6 Å². The Labute approximate surface area is 97.8 Å². The summed E-state index contributed by atoms with van der Waals surface area (Å²) in [6.45, 7) is 0. The molecule has 0 radical (unpaired) electrons. The van der Waals surface area contributed by atoms with E-state index < -0.39 is 24.0 Å². The van der Waals surface area contributed by atoms with Crippen molar-refractivity contribution in [2.45, 2.75) is 18.6 Å². The normalized spacial score (nSPS) is 12.8. The molecular weight excluding hydrogens is 259 g/mol. The maximum Gasteiger partial charge on any atom is 0.452 e. The third kappa shape index (κ3) is 3.60. The molecule has 1 aromatic rings. The minimum absolute atomic E-state index is 0.170. The molecule has 0 amide bonds. The Hall–Kier alpha value is -1.82. The van der Waals surface area contributed by atoms with E-state index in [0.29, 0.717) is 11.5 Å². The topological polar surface area (TPSA) is 75.1 Å². The number of rotatable bonds is 4. The molecule has 0 bridgehead atoms. The van der Waals surface area contributed by atoms with E-state index in [1.54, 1.807) is 0 Å². The minimum atomic E-state index is -4.65. The maximum atomic E-state index is 12.2. The van der Waals surface area contributed by atoms with Crippen molar-refractivity contribution in [1.29, 1.82) is 0 Å². The second-order valence-electron chi connectivity index (χ2n) is 2.86. The third-order valence-corrected chi connectivity index (χ3v) is 2.24. The summed E-state index contributed by atoms with van der Waals surface area (Å²) < 4.78 is 39.5. The van der Waals surface area contributed by atoms with Gasteiger partial charge in [-0.3, -0.25) is 0 Å². The van der Waals surface area contributed by atoms with Crippen molar-refractivity contribution in [2.24, 2.45) is 0 Å². The molecule has 1 heterocycles. The van der Waals surface area contributed by atoms with Gasteiger partial charge in [0.05, 0.1) is 0 Å². The van der Waals surface area contributed by atoms with Crippen molar-refractivity contribution in [3.63, 3.8) is 0 Å². The first kappa shape index (κ1) is 13.2. The summed E-state index contributed by atoms with van der Waals surface area (Å²) in [4.78, 5) is 13.8. The monoisotopic (exact) mass is 265 g/mol. The Morgan fingerprint density at radius 2 is 2.29 bits per heavy atom. The van der Waals surface area contributed by atoms with Crippen molar-refractivity contribution in [3.8, 4) is 12.3 Å². The molecule has 92 valence electrons. The average Bonchev–Trinajstić information content (AvgIpc) is 2.64. The van der Waals surface area contributed by atoms with Gasteiger partial charge in [0.25, 0.3) is 0 Å². The fraction of sp³-hybridized carbons (Fsp3) is 0.375. The molecule has 0 aromatic carbocycles. The summed E-state index contributed by atoms with van der Waals surface area (Å²) in [7, 11) is 0. The highest BCUT2D eigenvalue weighted by atomic mass is 32.1. The minimum Gasteiger partial charge on any atom is -0.480 e. The van der Waals surface area contributed by atoms with Gasteiger partial charge in [-0.05, 0) is 0 Å². The Morgan fingerprint density at radius 1 is 1.65 bits per heavy atom. The molecular formula is C8H6F3N3O2S. The molecule has 0 saturated heterocycles. The zero-order valence-electron chi connectivity index (χ0n) is 8.15. The van der Waals surface area contributed by atoms with Gasteiger partial charge in [-0.25, -0.2) is 4.79 Å². The van der Waals surface area contributed by atoms with Crippen LogP contribution in [0.25, 0.3) is 0 Å². The summed E-state index contributed by atoms with van der Waals surface area (Å²) in [6, 6.07) is -1.19. The van der Waals surface area contributed by atoms with E-state index in [1.807, 2.05) is 0 Å². The van der Waals surface area contributed by atoms with Gasteiger partial charge in [-0.15, -0.1) is 12.3 Å². The second-order valence-corrected chi connectivity index (χ2v) is 3.62. The molecule has 0 fully saturated rings. The SMILES string of the molecule is C#CCC(Nc1nc(C(F)(F)F)ns1)C(=O)O. The molecule has 0 aliphatic rings. The van der Waals surface area contributed by atoms with Gasteiger partial charge in [-0.1, -0.05) is 0 Å². The molecule has 0 aliphatic carbocycles. The smallest absolute Gasteiger partial charge is 0.452 e. The number of alkyl halides is 3. The first-order valence-electron chi connectivity index (χ1n) is 4.18. The average molecular weight is 265 g/mol. The van der Waals surface area contributed by atoms with E-state index >= 15 is 0 Å². The summed E-state index contributed by atoms with van der Waals surface area (Å²) in [5, 5.41) is 10.7. The molecule has 9 heteroatoms. The molecule has 0 saturated carbocycles. The van der Waals surface area contributed by atoms with Gasteiger partial charge >= 0.3 is 12.1 Å². The van der Waals surface area contributed by atoms with Crippen LogP contribution in [0.4, 0.5) is 18.3 Å². The number of aromatic nitrogens is 2. The maximum absolute atomic E-state index is 12.2. The van der Waals surface area contributed by atoms with Gasteiger partial charge in [0, 0.05) is 18.0 Å². The number of hydrogen-bond acceptors (Lipinski definition) is 5. The van der Waals surface area contributed by atoms with Crippen LogP contribution in [-0.4, -0.2) is 26.5 Å². The van der Waals surface area contributed by atoms with E-state index in [4.69, 9.17) is 11.5 Å². The molecule has 1 unspecified atom stereocenters. The van der Waals surface area contributed by atoms with Crippen LogP contribution < -0.4 is 5.32 Å². The lowest BCUT2D eigenvalue weighted by Crippen LogP contribution is -2.28. The number of carboxylic acid groups (broad SMARTS) is 1. The van der Waals surface area contributed by atoms with E-state index in [0.717, 1.165) is 0 Å². The lowest BCUT2D eigenvalue weighted by atomic mass is 10.2. The first-order valence-corrected chi connectivity index (χ1v) is 4.95. The van der Waals surface area contributed by atoms with Crippen molar-refractivity contribution in [1.82, 2.24) is 9.36 Å². The molecule has 1 rings (SSSR count). The first-order chi connectivity index (χ1) is 7.84. The highest BCUT2D eigenvalue weighted by Gasteiger charge is 2.36. The van der Waals surface area contributed by atoms with Crippen LogP contribution in [0.5, 0.6) is 0 Å². The quantitative estimate of drug-likeness (QED) is 0.806. The van der Waals surface area contributed by atoms with Crippen LogP contribution in [0.2, 0.25) is 0 Å². The zero-order chi connectivity index (χ0) is 13.1. The van der Waals surface area contributed by atoms with Crippen LogP contribution >= 0.6 is 11.5 Å². The van der Waals surface area contributed by atoms with Gasteiger partial charge in [0.15, 0.2) is 0 Å². The number of aliphatic carboxylic acids is 1. The molecule has 1 atom stereocenters. The van der Waals surface area contributed by atoms with E-state index in [1.165, 1.54) is 0 Å². The Morgan fingerprint density at radius 3 is 2.71 bits per heavy atom. The summed E-state index contributed by atoms with van der Waals surface area (Å²) >= 11 is 0.424. The molecule has 17 heavy (non-hydrogen) atoms. The van der Waals surface area contributed by atoms with Crippen LogP contribution in [0.3, 0.4) is 0 Å². The molecule has 0 spiro atoms. The number of halogens is 3. The lowest BCUT2D eigenvalue weighted by Gasteiger charge is -2.09. The largest absolute Gasteiger partial charge is 0.480 e.